The van der Waals surface area contributed by atoms with Crippen LogP contribution in [0.5, 0.6) is 0 Å². The lowest BCUT2D eigenvalue weighted by molar-refractivity contribution is -0.119. The number of nitrogens with two attached hydrogens (primary N) is 1. The van der Waals surface area contributed by atoms with Crippen molar-refractivity contribution < 1.29 is 9.90 Å². The van der Waals surface area contributed by atoms with Crippen molar-refractivity contribution >= 4 is 29.1 Å². The highest BCUT2D eigenvalue weighted by Crippen LogP contribution is 2.24. The number of benzene rings is 1. The molecule has 14 heavy (non-hydrogen) atoms. The van der Waals surface area contributed by atoms with Gasteiger partial charge in [-0.15, -0.1) is 0 Å². The van der Waals surface area contributed by atoms with Crippen LogP contribution in [0.3, 0.4) is 0 Å². The molecule has 0 fully saturated rings. The van der Waals surface area contributed by atoms with E-state index in [1.807, 2.05) is 0 Å². The minimum atomic E-state index is -0.955. The van der Waals surface area contributed by atoms with Gasteiger partial charge in [-0.3, -0.25) is 4.79 Å². The molecule has 76 valence electrons. The number of aliphatic hydroxyl groups excluding tert-OH is 1. The maximum atomic E-state index is 10.5. The molecule has 1 atom stereocenters. The lowest BCUT2D eigenvalue weighted by Gasteiger charge is -2.09. The van der Waals surface area contributed by atoms with Crippen molar-refractivity contribution in [3.63, 3.8) is 0 Å². The van der Waals surface area contributed by atoms with Crippen LogP contribution in [0, 0.1) is 0 Å². The van der Waals surface area contributed by atoms with Gasteiger partial charge in [0.25, 0.3) is 0 Å². The van der Waals surface area contributed by atoms with Gasteiger partial charge in [0.15, 0.2) is 0 Å². The molecule has 0 radical (unpaired) electrons. The van der Waals surface area contributed by atoms with Gasteiger partial charge >= 0.3 is 0 Å². The maximum absolute atomic E-state index is 10.5. The summed E-state index contributed by atoms with van der Waals surface area (Å²) in [6.07, 6.45) is -1.10. The molecule has 3 nitrogen and oxygen atoms in total. The molecule has 0 aliphatic heterocycles. The van der Waals surface area contributed by atoms with E-state index < -0.39 is 12.0 Å². The SMILES string of the molecule is NC(=O)CC(O)c1cc(Cl)cc(Cl)c1. The second-order valence-corrected chi connectivity index (χ2v) is 3.76. The second-order valence-electron chi connectivity index (χ2n) is 2.89. The summed E-state index contributed by atoms with van der Waals surface area (Å²) < 4.78 is 0. The third-order valence-electron chi connectivity index (χ3n) is 1.66. The first-order chi connectivity index (χ1) is 6.49. The second kappa shape index (κ2) is 4.64. The molecule has 3 N–H and O–H groups in total. The zero-order chi connectivity index (χ0) is 10.7. The molecule has 5 heteroatoms. The molecule has 1 amide bonds. The van der Waals surface area contributed by atoms with Crippen LogP contribution in [0.2, 0.25) is 10.0 Å². The largest absolute Gasteiger partial charge is 0.388 e. The first-order valence-electron chi connectivity index (χ1n) is 3.91. The maximum Gasteiger partial charge on any atom is 0.220 e. The fraction of sp³-hybridized carbons (Fsp3) is 0.222. The van der Waals surface area contributed by atoms with E-state index in [2.05, 4.69) is 0 Å². The van der Waals surface area contributed by atoms with Crippen molar-refractivity contribution in [3.8, 4) is 0 Å². The van der Waals surface area contributed by atoms with E-state index in [1.54, 1.807) is 18.2 Å². The third-order valence-corrected chi connectivity index (χ3v) is 2.10. The summed E-state index contributed by atoms with van der Waals surface area (Å²) >= 11 is 11.4. The summed E-state index contributed by atoms with van der Waals surface area (Å²) in [6, 6.07) is 4.63. The van der Waals surface area contributed by atoms with Crippen molar-refractivity contribution in [2.45, 2.75) is 12.5 Å². The predicted octanol–water partition coefficient (Wildman–Crippen LogP) is 1.90. The molecule has 0 heterocycles. The van der Waals surface area contributed by atoms with Gasteiger partial charge in [-0.25, -0.2) is 0 Å². The lowest BCUT2D eigenvalue weighted by atomic mass is 10.1. The summed E-state index contributed by atoms with van der Waals surface area (Å²) in [5.74, 6) is -0.575. The Morgan fingerprint density at radius 2 is 1.86 bits per heavy atom. The van der Waals surface area contributed by atoms with Crippen LogP contribution in [0.4, 0.5) is 0 Å². The van der Waals surface area contributed by atoms with Gasteiger partial charge in [-0.05, 0) is 23.8 Å². The Labute approximate surface area is 91.4 Å². The Morgan fingerprint density at radius 1 is 1.36 bits per heavy atom. The number of amides is 1. The Hall–Kier alpha value is -0.770. The topological polar surface area (TPSA) is 63.3 Å². The molecule has 0 spiro atoms. The quantitative estimate of drug-likeness (QED) is 0.838. The van der Waals surface area contributed by atoms with Crippen LogP contribution < -0.4 is 5.73 Å². The van der Waals surface area contributed by atoms with E-state index in [1.165, 1.54) is 0 Å². The number of carbonyl (C=O) groups excluding carboxylic acids is 1. The van der Waals surface area contributed by atoms with E-state index >= 15 is 0 Å². The summed E-state index contributed by atoms with van der Waals surface area (Å²) in [6.45, 7) is 0. The van der Waals surface area contributed by atoms with E-state index in [0.29, 0.717) is 15.6 Å². The first-order valence-corrected chi connectivity index (χ1v) is 4.67. The zero-order valence-electron chi connectivity index (χ0n) is 7.21. The third kappa shape index (κ3) is 3.18. The van der Waals surface area contributed by atoms with Crippen LogP contribution in [0.15, 0.2) is 18.2 Å². The number of rotatable bonds is 3. The van der Waals surface area contributed by atoms with Crippen molar-refractivity contribution in [2.24, 2.45) is 5.73 Å². The average molecular weight is 234 g/mol. The van der Waals surface area contributed by atoms with E-state index in [9.17, 15) is 9.90 Å². The summed E-state index contributed by atoms with van der Waals surface area (Å²) in [5.41, 5.74) is 5.43. The monoisotopic (exact) mass is 233 g/mol. The minimum Gasteiger partial charge on any atom is -0.388 e. The summed E-state index contributed by atoms with van der Waals surface area (Å²) in [7, 11) is 0. The molecule has 0 bridgehead atoms. The van der Waals surface area contributed by atoms with Crippen LogP contribution in [-0.4, -0.2) is 11.0 Å². The van der Waals surface area contributed by atoms with Crippen molar-refractivity contribution in [3.05, 3.63) is 33.8 Å². The van der Waals surface area contributed by atoms with Gasteiger partial charge in [-0.1, -0.05) is 23.2 Å². The number of hydrogen-bond acceptors (Lipinski definition) is 2. The average Bonchev–Trinajstić information content (AvgIpc) is 2.00. The van der Waals surface area contributed by atoms with Crippen molar-refractivity contribution in [1.29, 1.82) is 0 Å². The first kappa shape index (κ1) is 11.3. The Bertz CT molecular complexity index is 334. The summed E-state index contributed by atoms with van der Waals surface area (Å²) in [5, 5.41) is 10.3. The molecule has 0 aliphatic carbocycles. The molecule has 0 saturated heterocycles. The fourth-order valence-corrected chi connectivity index (χ4v) is 1.62. The molecule has 1 rings (SSSR count). The van der Waals surface area contributed by atoms with Gasteiger partial charge < -0.3 is 10.8 Å². The van der Waals surface area contributed by atoms with Gasteiger partial charge in [0.05, 0.1) is 12.5 Å². The number of carbonyl (C=O) groups is 1. The molecule has 0 aromatic heterocycles. The number of halogens is 2. The van der Waals surface area contributed by atoms with Gasteiger partial charge in [0, 0.05) is 10.0 Å². The van der Waals surface area contributed by atoms with Crippen molar-refractivity contribution in [1.82, 2.24) is 0 Å². The standard InChI is InChI=1S/C9H9Cl2NO2/c10-6-1-5(2-7(11)3-6)8(13)4-9(12)14/h1-3,8,13H,4H2,(H2,12,14). The van der Waals surface area contributed by atoms with Gasteiger partial charge in [0.1, 0.15) is 0 Å². The number of aliphatic hydroxyl groups is 1. The van der Waals surface area contributed by atoms with Crippen LogP contribution in [0.1, 0.15) is 18.1 Å². The fourth-order valence-electron chi connectivity index (χ4n) is 1.08. The molecule has 1 unspecified atom stereocenters. The smallest absolute Gasteiger partial charge is 0.220 e. The minimum absolute atomic E-state index is 0.142. The van der Waals surface area contributed by atoms with Gasteiger partial charge in [0.2, 0.25) is 5.91 Å². The van der Waals surface area contributed by atoms with E-state index in [-0.39, 0.29) is 6.42 Å². The predicted molar refractivity (Wildman–Crippen MR) is 55.2 cm³/mol. The highest BCUT2D eigenvalue weighted by Gasteiger charge is 2.11. The lowest BCUT2D eigenvalue weighted by Crippen LogP contribution is -2.15. The highest BCUT2D eigenvalue weighted by molar-refractivity contribution is 6.34. The Morgan fingerprint density at radius 3 is 2.29 bits per heavy atom. The van der Waals surface area contributed by atoms with Crippen LogP contribution in [-0.2, 0) is 4.79 Å². The van der Waals surface area contributed by atoms with E-state index in [4.69, 9.17) is 28.9 Å². The molecular weight excluding hydrogens is 225 g/mol. The van der Waals surface area contributed by atoms with Crippen molar-refractivity contribution in [2.75, 3.05) is 0 Å². The van der Waals surface area contributed by atoms with Gasteiger partial charge in [-0.2, -0.15) is 0 Å². The van der Waals surface area contributed by atoms with Crippen LogP contribution in [0.25, 0.3) is 0 Å². The molecule has 0 saturated carbocycles. The normalized spacial score (nSPS) is 12.5. The molecule has 1 aromatic carbocycles. The summed E-state index contributed by atoms with van der Waals surface area (Å²) in [4.78, 5) is 10.5. The zero-order valence-corrected chi connectivity index (χ0v) is 8.72. The molecule has 0 aliphatic rings. The Balaban J connectivity index is 2.89. The van der Waals surface area contributed by atoms with E-state index in [0.717, 1.165) is 0 Å². The highest BCUT2D eigenvalue weighted by atomic mass is 35.5. The molecular formula is C9H9Cl2NO2. The molecule has 1 aromatic rings. The number of hydrogen-bond donors (Lipinski definition) is 2. The van der Waals surface area contributed by atoms with Crippen LogP contribution >= 0.6 is 23.2 Å². The number of primary amides is 1. The Kier molecular flexibility index (Phi) is 3.75.